The SMILES string of the molecule is CN=C/C(=C\N)c1ccc2ncnc(NC3CCC(N(C)C)CC3)c2c1. The van der Waals surface area contributed by atoms with Crippen molar-refractivity contribution in [1.29, 1.82) is 0 Å². The van der Waals surface area contributed by atoms with Crippen LogP contribution in [0.5, 0.6) is 0 Å². The average molecular weight is 352 g/mol. The van der Waals surface area contributed by atoms with Crippen LogP contribution in [-0.4, -0.2) is 54.3 Å². The lowest BCUT2D eigenvalue weighted by Crippen LogP contribution is -2.36. The number of allylic oxidation sites excluding steroid dienone is 1. The number of anilines is 1. The van der Waals surface area contributed by atoms with Gasteiger partial charge in [-0.3, -0.25) is 4.99 Å². The van der Waals surface area contributed by atoms with Crippen LogP contribution in [-0.2, 0) is 0 Å². The summed E-state index contributed by atoms with van der Waals surface area (Å²) in [7, 11) is 6.07. The van der Waals surface area contributed by atoms with Gasteiger partial charge in [0.1, 0.15) is 12.1 Å². The lowest BCUT2D eigenvalue weighted by atomic mass is 9.90. The average Bonchev–Trinajstić information content (AvgIpc) is 2.66. The van der Waals surface area contributed by atoms with Crippen LogP contribution in [0.25, 0.3) is 16.5 Å². The third kappa shape index (κ3) is 4.02. The molecule has 1 heterocycles. The number of nitrogens with two attached hydrogens (primary N) is 1. The van der Waals surface area contributed by atoms with Gasteiger partial charge in [-0.15, -0.1) is 0 Å². The smallest absolute Gasteiger partial charge is 0.137 e. The molecule has 26 heavy (non-hydrogen) atoms. The minimum Gasteiger partial charge on any atom is -0.404 e. The summed E-state index contributed by atoms with van der Waals surface area (Å²) >= 11 is 0. The molecule has 6 heteroatoms. The first-order valence-corrected chi connectivity index (χ1v) is 9.14. The maximum atomic E-state index is 5.76. The summed E-state index contributed by atoms with van der Waals surface area (Å²) in [6.07, 6.45) is 9.71. The molecule has 1 aromatic heterocycles. The van der Waals surface area contributed by atoms with E-state index in [4.69, 9.17) is 5.73 Å². The lowest BCUT2D eigenvalue weighted by molar-refractivity contribution is 0.221. The molecule has 0 bridgehead atoms. The Morgan fingerprint density at radius 3 is 2.65 bits per heavy atom. The molecule has 1 aromatic carbocycles. The highest BCUT2D eigenvalue weighted by molar-refractivity contribution is 6.10. The Balaban J connectivity index is 1.84. The Morgan fingerprint density at radius 2 is 2.00 bits per heavy atom. The third-order valence-electron chi connectivity index (χ3n) is 5.18. The second kappa shape index (κ2) is 8.27. The quantitative estimate of drug-likeness (QED) is 0.809. The van der Waals surface area contributed by atoms with Crippen molar-refractivity contribution in [2.45, 2.75) is 37.8 Å². The van der Waals surface area contributed by atoms with Crippen LogP contribution in [0.2, 0.25) is 0 Å². The molecule has 0 spiro atoms. The van der Waals surface area contributed by atoms with Gasteiger partial charge in [-0.05, 0) is 57.5 Å². The lowest BCUT2D eigenvalue weighted by Gasteiger charge is -2.33. The molecule has 1 fully saturated rings. The Labute approximate surface area is 155 Å². The molecule has 0 radical (unpaired) electrons. The zero-order chi connectivity index (χ0) is 18.5. The summed E-state index contributed by atoms with van der Waals surface area (Å²) in [4.78, 5) is 15.3. The molecule has 138 valence electrons. The van der Waals surface area contributed by atoms with Gasteiger partial charge >= 0.3 is 0 Å². The van der Waals surface area contributed by atoms with Crippen molar-refractivity contribution in [2.75, 3.05) is 26.5 Å². The topological polar surface area (TPSA) is 79.4 Å². The highest BCUT2D eigenvalue weighted by atomic mass is 15.1. The summed E-state index contributed by atoms with van der Waals surface area (Å²) in [6, 6.07) is 7.25. The molecule has 0 atom stereocenters. The zero-order valence-electron chi connectivity index (χ0n) is 15.8. The van der Waals surface area contributed by atoms with Crippen LogP contribution in [0.15, 0.2) is 35.7 Å². The van der Waals surface area contributed by atoms with Gasteiger partial charge in [0.05, 0.1) is 5.52 Å². The molecule has 1 aliphatic rings. The second-order valence-corrected chi connectivity index (χ2v) is 7.08. The van der Waals surface area contributed by atoms with Gasteiger partial charge in [-0.2, -0.15) is 0 Å². The molecule has 1 saturated carbocycles. The molecule has 0 amide bonds. The molecule has 2 aromatic rings. The fourth-order valence-corrected chi connectivity index (χ4v) is 3.63. The van der Waals surface area contributed by atoms with Crippen LogP contribution >= 0.6 is 0 Å². The molecule has 3 N–H and O–H groups in total. The van der Waals surface area contributed by atoms with Crippen LogP contribution in [0.4, 0.5) is 5.82 Å². The van der Waals surface area contributed by atoms with Gasteiger partial charge in [0.15, 0.2) is 0 Å². The van der Waals surface area contributed by atoms with Crippen molar-refractivity contribution in [1.82, 2.24) is 14.9 Å². The van der Waals surface area contributed by atoms with E-state index < -0.39 is 0 Å². The maximum absolute atomic E-state index is 5.76. The standard InChI is InChI=1S/C20H28N6/c1-22-12-15(11-21)14-4-9-19-18(10-14)20(24-13-23-19)25-16-5-7-17(8-6-16)26(2)3/h4,9-13,16-17H,5-8,21H2,1-3H3,(H,23,24,25)/b15-11+,22-12?. The van der Waals surface area contributed by atoms with Crippen LogP contribution in [0.1, 0.15) is 31.2 Å². The normalized spacial score (nSPS) is 21.6. The van der Waals surface area contributed by atoms with E-state index in [9.17, 15) is 0 Å². The number of hydrogen-bond acceptors (Lipinski definition) is 6. The van der Waals surface area contributed by atoms with Crippen LogP contribution in [0, 0.1) is 0 Å². The fourth-order valence-electron chi connectivity index (χ4n) is 3.63. The van der Waals surface area contributed by atoms with E-state index in [1.165, 1.54) is 12.8 Å². The van der Waals surface area contributed by atoms with Crippen molar-refractivity contribution < 1.29 is 0 Å². The molecule has 3 rings (SSSR count). The van der Waals surface area contributed by atoms with Crippen molar-refractivity contribution in [2.24, 2.45) is 10.7 Å². The van der Waals surface area contributed by atoms with E-state index in [2.05, 4.69) is 45.3 Å². The Morgan fingerprint density at radius 1 is 1.23 bits per heavy atom. The minimum atomic E-state index is 0.453. The molecular weight excluding hydrogens is 324 g/mol. The summed E-state index contributed by atoms with van der Waals surface area (Å²) in [6.45, 7) is 0. The minimum absolute atomic E-state index is 0.453. The van der Waals surface area contributed by atoms with Gasteiger partial charge < -0.3 is 16.0 Å². The molecule has 6 nitrogen and oxygen atoms in total. The van der Waals surface area contributed by atoms with Gasteiger partial charge in [0.25, 0.3) is 0 Å². The van der Waals surface area contributed by atoms with E-state index >= 15 is 0 Å². The van der Waals surface area contributed by atoms with E-state index in [1.807, 2.05) is 12.1 Å². The monoisotopic (exact) mass is 352 g/mol. The maximum Gasteiger partial charge on any atom is 0.137 e. The number of hydrogen-bond donors (Lipinski definition) is 2. The van der Waals surface area contributed by atoms with E-state index in [1.54, 1.807) is 25.8 Å². The van der Waals surface area contributed by atoms with Gasteiger partial charge in [-0.1, -0.05) is 6.07 Å². The van der Waals surface area contributed by atoms with Gasteiger partial charge in [0, 0.05) is 42.5 Å². The first-order valence-electron chi connectivity index (χ1n) is 9.14. The molecule has 0 unspecified atom stereocenters. The summed E-state index contributed by atoms with van der Waals surface area (Å²) in [5.41, 5.74) is 8.58. The van der Waals surface area contributed by atoms with Crippen LogP contribution < -0.4 is 11.1 Å². The van der Waals surface area contributed by atoms with Gasteiger partial charge in [-0.25, -0.2) is 9.97 Å². The molecule has 1 aliphatic carbocycles. The number of aliphatic imine (C=N–C) groups is 1. The number of nitrogens with one attached hydrogen (secondary N) is 1. The van der Waals surface area contributed by atoms with Crippen molar-refractivity contribution in [3.63, 3.8) is 0 Å². The predicted molar refractivity (Wildman–Crippen MR) is 109 cm³/mol. The third-order valence-corrected chi connectivity index (χ3v) is 5.18. The Bertz CT molecular complexity index is 803. The van der Waals surface area contributed by atoms with E-state index in [0.29, 0.717) is 12.1 Å². The molecular formula is C20H28N6. The summed E-state index contributed by atoms with van der Waals surface area (Å²) < 4.78 is 0. The predicted octanol–water partition coefficient (Wildman–Crippen LogP) is 2.91. The van der Waals surface area contributed by atoms with Crippen molar-refractivity contribution in [3.8, 4) is 0 Å². The number of rotatable bonds is 5. The number of nitrogens with zero attached hydrogens (tertiary/aromatic N) is 4. The highest BCUT2D eigenvalue weighted by Crippen LogP contribution is 2.28. The number of fused-ring (bicyclic) bond motifs is 1. The number of aromatic nitrogens is 2. The molecule has 0 aliphatic heterocycles. The summed E-state index contributed by atoms with van der Waals surface area (Å²) in [5.74, 6) is 0.898. The first kappa shape index (κ1) is 18.3. The second-order valence-electron chi connectivity index (χ2n) is 7.08. The highest BCUT2D eigenvalue weighted by Gasteiger charge is 2.23. The van der Waals surface area contributed by atoms with Crippen LogP contribution in [0.3, 0.4) is 0 Å². The van der Waals surface area contributed by atoms with E-state index in [-0.39, 0.29) is 0 Å². The Kier molecular flexibility index (Phi) is 5.83. The summed E-state index contributed by atoms with van der Waals surface area (Å²) in [5, 5.41) is 4.66. The number of benzene rings is 1. The molecule has 0 saturated heterocycles. The fraction of sp³-hybridized carbons (Fsp3) is 0.450. The zero-order valence-corrected chi connectivity index (χ0v) is 15.8. The van der Waals surface area contributed by atoms with Crippen molar-refractivity contribution >= 4 is 28.5 Å². The van der Waals surface area contributed by atoms with Gasteiger partial charge in [0.2, 0.25) is 0 Å². The van der Waals surface area contributed by atoms with E-state index in [0.717, 1.165) is 40.7 Å². The first-order chi connectivity index (χ1) is 12.6. The largest absolute Gasteiger partial charge is 0.404 e. The van der Waals surface area contributed by atoms with Crippen molar-refractivity contribution in [3.05, 3.63) is 36.3 Å². The Hall–Kier alpha value is -2.47.